The molecule has 1 aliphatic heterocycles. The number of hydrogen-bond donors (Lipinski definition) is 2. The molecule has 0 unspecified atom stereocenters. The summed E-state index contributed by atoms with van der Waals surface area (Å²) in [4.78, 5) is 15.3. The molecule has 21 heavy (non-hydrogen) atoms. The summed E-state index contributed by atoms with van der Waals surface area (Å²) in [6, 6.07) is 7.19. The molecular formula is C13H20N4O3S. The lowest BCUT2D eigenvalue weighted by molar-refractivity contribution is -0.129. The van der Waals surface area contributed by atoms with E-state index in [-0.39, 0.29) is 5.91 Å². The Kier molecular flexibility index (Phi) is 4.69. The first-order valence-corrected chi connectivity index (χ1v) is 8.21. The van der Waals surface area contributed by atoms with E-state index in [9.17, 15) is 13.2 Å². The van der Waals surface area contributed by atoms with Crippen LogP contribution in [0.15, 0.2) is 24.3 Å². The highest BCUT2D eigenvalue weighted by atomic mass is 32.2. The monoisotopic (exact) mass is 312 g/mol. The van der Waals surface area contributed by atoms with Gasteiger partial charge in [-0.3, -0.25) is 9.52 Å². The molecule has 0 radical (unpaired) electrons. The van der Waals surface area contributed by atoms with E-state index >= 15 is 0 Å². The van der Waals surface area contributed by atoms with Crippen molar-refractivity contribution in [3.05, 3.63) is 24.3 Å². The Morgan fingerprint density at radius 2 is 1.67 bits per heavy atom. The van der Waals surface area contributed by atoms with Gasteiger partial charge in [-0.25, -0.2) is 4.72 Å². The van der Waals surface area contributed by atoms with Crippen LogP contribution in [0.2, 0.25) is 0 Å². The lowest BCUT2D eigenvalue weighted by atomic mass is 10.2. The number of nitrogens with one attached hydrogen (secondary N) is 2. The predicted molar refractivity (Wildman–Crippen MR) is 82.5 cm³/mol. The lowest BCUT2D eigenvalue weighted by Crippen LogP contribution is -2.48. The fraction of sp³-hybridized carbons (Fsp3) is 0.462. The molecule has 8 heteroatoms. The third kappa shape index (κ3) is 4.08. The average Bonchev–Trinajstić information content (AvgIpc) is 2.48. The number of benzene rings is 1. The van der Waals surface area contributed by atoms with Gasteiger partial charge in [-0.1, -0.05) is 0 Å². The molecule has 1 saturated heterocycles. The van der Waals surface area contributed by atoms with Crippen LogP contribution < -0.4 is 14.3 Å². The molecule has 0 spiro atoms. The van der Waals surface area contributed by atoms with Gasteiger partial charge in [0.2, 0.25) is 5.91 Å². The van der Waals surface area contributed by atoms with Crippen molar-refractivity contribution < 1.29 is 13.2 Å². The van der Waals surface area contributed by atoms with E-state index in [4.69, 9.17) is 0 Å². The zero-order chi connectivity index (χ0) is 15.5. The molecule has 2 rings (SSSR count). The van der Waals surface area contributed by atoms with Gasteiger partial charge in [0.25, 0.3) is 10.2 Å². The van der Waals surface area contributed by atoms with E-state index in [1.54, 1.807) is 19.1 Å². The minimum Gasteiger partial charge on any atom is -0.368 e. The van der Waals surface area contributed by atoms with E-state index in [1.165, 1.54) is 7.05 Å². The molecule has 0 atom stereocenters. The van der Waals surface area contributed by atoms with E-state index in [2.05, 4.69) is 14.3 Å². The lowest BCUT2D eigenvalue weighted by Gasteiger charge is -2.35. The first-order valence-electron chi connectivity index (χ1n) is 6.73. The second kappa shape index (κ2) is 6.31. The van der Waals surface area contributed by atoms with Gasteiger partial charge >= 0.3 is 0 Å². The summed E-state index contributed by atoms with van der Waals surface area (Å²) in [6.45, 7) is 4.56. The molecule has 2 N–H and O–H groups in total. The fourth-order valence-electron chi connectivity index (χ4n) is 2.23. The van der Waals surface area contributed by atoms with Crippen LogP contribution in [0.25, 0.3) is 0 Å². The van der Waals surface area contributed by atoms with Crippen molar-refractivity contribution in [2.45, 2.75) is 6.92 Å². The van der Waals surface area contributed by atoms with Gasteiger partial charge in [-0.15, -0.1) is 0 Å². The topological polar surface area (TPSA) is 81.8 Å². The molecule has 1 amide bonds. The molecule has 0 aliphatic carbocycles. The van der Waals surface area contributed by atoms with Crippen LogP contribution >= 0.6 is 0 Å². The van der Waals surface area contributed by atoms with Crippen LogP contribution in [-0.2, 0) is 15.0 Å². The molecule has 1 aromatic carbocycles. The summed E-state index contributed by atoms with van der Waals surface area (Å²) in [7, 11) is -2.13. The number of piperazine rings is 1. The second-order valence-corrected chi connectivity index (χ2v) is 6.47. The second-order valence-electron chi connectivity index (χ2n) is 4.85. The van der Waals surface area contributed by atoms with E-state index < -0.39 is 10.2 Å². The molecule has 0 saturated carbocycles. The van der Waals surface area contributed by atoms with Gasteiger partial charge in [0.05, 0.1) is 0 Å². The molecule has 0 bridgehead atoms. The fourth-order valence-corrected chi connectivity index (χ4v) is 2.77. The highest BCUT2D eigenvalue weighted by Gasteiger charge is 2.18. The van der Waals surface area contributed by atoms with Crippen LogP contribution in [0.3, 0.4) is 0 Å². The Bertz CT molecular complexity index is 592. The summed E-state index contributed by atoms with van der Waals surface area (Å²) in [5.41, 5.74) is 1.53. The molecule has 1 aliphatic rings. The molecule has 116 valence electrons. The maximum absolute atomic E-state index is 11.4. The summed E-state index contributed by atoms with van der Waals surface area (Å²) >= 11 is 0. The summed E-state index contributed by atoms with van der Waals surface area (Å²) in [5, 5.41) is 0. The third-order valence-corrected chi connectivity index (χ3v) is 4.52. The van der Waals surface area contributed by atoms with Crippen molar-refractivity contribution in [2.24, 2.45) is 0 Å². The first kappa shape index (κ1) is 15.6. The van der Waals surface area contributed by atoms with E-state index in [0.29, 0.717) is 18.8 Å². The quantitative estimate of drug-likeness (QED) is 0.834. The zero-order valence-electron chi connectivity index (χ0n) is 12.2. The Labute approximate surface area is 125 Å². The number of hydrogen-bond acceptors (Lipinski definition) is 4. The summed E-state index contributed by atoms with van der Waals surface area (Å²) < 4.78 is 27.4. The Hall–Kier alpha value is -1.80. The number of carbonyl (C=O) groups is 1. The highest BCUT2D eigenvalue weighted by Crippen LogP contribution is 2.20. The SMILES string of the molecule is CNS(=O)(=O)Nc1ccc(N2CCN(C(C)=O)CC2)cc1. The normalized spacial score (nSPS) is 15.9. The largest absolute Gasteiger partial charge is 0.368 e. The van der Waals surface area contributed by atoms with E-state index in [1.807, 2.05) is 17.0 Å². The first-order chi connectivity index (χ1) is 9.91. The van der Waals surface area contributed by atoms with Crippen molar-refractivity contribution in [3.8, 4) is 0 Å². The zero-order valence-corrected chi connectivity index (χ0v) is 13.0. The van der Waals surface area contributed by atoms with Gasteiger partial charge in [0.1, 0.15) is 0 Å². The maximum Gasteiger partial charge on any atom is 0.298 e. The minimum absolute atomic E-state index is 0.103. The number of carbonyl (C=O) groups excluding carboxylic acids is 1. The Morgan fingerprint density at radius 3 is 2.14 bits per heavy atom. The van der Waals surface area contributed by atoms with Gasteiger partial charge in [-0.05, 0) is 24.3 Å². The number of nitrogens with zero attached hydrogens (tertiary/aromatic N) is 2. The summed E-state index contributed by atoms with van der Waals surface area (Å²) in [5.74, 6) is 0.103. The Morgan fingerprint density at radius 1 is 1.10 bits per heavy atom. The van der Waals surface area contributed by atoms with Gasteiger partial charge < -0.3 is 9.80 Å². The highest BCUT2D eigenvalue weighted by molar-refractivity contribution is 7.90. The number of rotatable bonds is 4. The molecule has 7 nitrogen and oxygen atoms in total. The van der Waals surface area contributed by atoms with Crippen LogP contribution in [0.4, 0.5) is 11.4 Å². The van der Waals surface area contributed by atoms with Crippen LogP contribution in [-0.4, -0.2) is 52.5 Å². The summed E-state index contributed by atoms with van der Waals surface area (Å²) in [6.07, 6.45) is 0. The van der Waals surface area contributed by atoms with Crippen LogP contribution in [0, 0.1) is 0 Å². The minimum atomic E-state index is -3.48. The number of anilines is 2. The molecule has 1 fully saturated rings. The van der Waals surface area contributed by atoms with Gasteiger partial charge in [0.15, 0.2) is 0 Å². The maximum atomic E-state index is 11.4. The smallest absolute Gasteiger partial charge is 0.298 e. The van der Waals surface area contributed by atoms with Gasteiger partial charge in [0, 0.05) is 51.5 Å². The molecule has 1 aromatic rings. The van der Waals surface area contributed by atoms with Crippen molar-refractivity contribution in [2.75, 3.05) is 42.8 Å². The molecule has 1 heterocycles. The predicted octanol–water partition coefficient (Wildman–Crippen LogP) is 0.231. The van der Waals surface area contributed by atoms with Crippen molar-refractivity contribution in [1.29, 1.82) is 0 Å². The van der Waals surface area contributed by atoms with Crippen LogP contribution in [0.1, 0.15) is 6.92 Å². The standard InChI is InChI=1S/C13H20N4O3S/c1-11(18)16-7-9-17(10-8-16)13-5-3-12(4-6-13)15-21(19,20)14-2/h3-6,14-15H,7-10H2,1-2H3. The average molecular weight is 312 g/mol. The molecular weight excluding hydrogens is 292 g/mol. The molecule has 0 aromatic heterocycles. The van der Waals surface area contributed by atoms with Crippen LogP contribution in [0.5, 0.6) is 0 Å². The number of amides is 1. The van der Waals surface area contributed by atoms with Crippen molar-refractivity contribution >= 4 is 27.5 Å². The van der Waals surface area contributed by atoms with Crippen molar-refractivity contribution in [1.82, 2.24) is 9.62 Å². The van der Waals surface area contributed by atoms with E-state index in [0.717, 1.165) is 18.8 Å². The van der Waals surface area contributed by atoms with Gasteiger partial charge in [-0.2, -0.15) is 8.42 Å². The van der Waals surface area contributed by atoms with Crippen molar-refractivity contribution in [3.63, 3.8) is 0 Å². The Balaban J connectivity index is 1.99. The third-order valence-electron chi connectivity index (χ3n) is 3.48.